The van der Waals surface area contributed by atoms with Gasteiger partial charge in [0.1, 0.15) is 11.5 Å². The molecule has 2 aromatic heterocycles. The number of benzene rings is 1. The number of nitrogens with zero attached hydrogens (tertiary/aromatic N) is 2. The van der Waals surface area contributed by atoms with Crippen molar-refractivity contribution in [2.24, 2.45) is 11.7 Å². The van der Waals surface area contributed by atoms with E-state index in [0.29, 0.717) is 22.9 Å². The average molecular weight is 433 g/mol. The number of anilines is 1. The summed E-state index contributed by atoms with van der Waals surface area (Å²) in [6.45, 7) is 5.92. The van der Waals surface area contributed by atoms with E-state index in [2.05, 4.69) is 22.2 Å². The van der Waals surface area contributed by atoms with Crippen LogP contribution in [0.5, 0.6) is 0 Å². The predicted octanol–water partition coefficient (Wildman–Crippen LogP) is 5.38. The molecule has 1 aliphatic rings. The number of amides is 1. The van der Waals surface area contributed by atoms with Crippen LogP contribution in [0.25, 0.3) is 11.3 Å². The zero-order valence-corrected chi connectivity index (χ0v) is 18.7. The first-order valence-corrected chi connectivity index (χ1v) is 11.1. The number of halogens is 1. The lowest BCUT2D eigenvalue weighted by Gasteiger charge is -2.32. The van der Waals surface area contributed by atoms with Crippen molar-refractivity contribution in [3.8, 4) is 11.3 Å². The second-order valence-electron chi connectivity index (χ2n) is 8.98. The van der Waals surface area contributed by atoms with Gasteiger partial charge in [-0.2, -0.15) is 0 Å². The van der Waals surface area contributed by atoms with Crippen LogP contribution in [0.2, 0.25) is 0 Å². The topological polar surface area (TPSA) is 80.9 Å². The van der Waals surface area contributed by atoms with Crippen LogP contribution in [-0.4, -0.2) is 21.9 Å². The van der Waals surface area contributed by atoms with Gasteiger partial charge >= 0.3 is 0 Å². The smallest absolute Gasteiger partial charge is 0.274 e. The highest BCUT2D eigenvalue weighted by Crippen LogP contribution is 2.38. The zero-order valence-electron chi connectivity index (χ0n) is 18.7. The molecule has 3 aromatic rings. The summed E-state index contributed by atoms with van der Waals surface area (Å²) in [4.78, 5) is 21.9. The van der Waals surface area contributed by atoms with Crippen LogP contribution in [0, 0.1) is 25.6 Å². The number of hydrogen-bond acceptors (Lipinski definition) is 4. The summed E-state index contributed by atoms with van der Waals surface area (Å²) < 4.78 is 14.6. The van der Waals surface area contributed by atoms with E-state index in [4.69, 9.17) is 5.73 Å². The second-order valence-corrected chi connectivity index (χ2v) is 8.98. The molecule has 1 aliphatic carbocycles. The zero-order chi connectivity index (χ0) is 22.8. The molecule has 1 aromatic carbocycles. The van der Waals surface area contributed by atoms with Crippen molar-refractivity contribution in [1.82, 2.24) is 9.97 Å². The second kappa shape index (κ2) is 9.17. The van der Waals surface area contributed by atoms with E-state index in [0.717, 1.165) is 36.0 Å². The molecule has 0 spiro atoms. The van der Waals surface area contributed by atoms with Crippen LogP contribution in [0.3, 0.4) is 0 Å². The molecule has 0 aliphatic heterocycles. The van der Waals surface area contributed by atoms with Gasteiger partial charge in [0.05, 0.1) is 17.6 Å². The molecule has 0 saturated heterocycles. The van der Waals surface area contributed by atoms with Crippen LogP contribution < -0.4 is 11.1 Å². The minimum absolute atomic E-state index is 0.158. The number of aromatic nitrogens is 2. The van der Waals surface area contributed by atoms with Crippen molar-refractivity contribution in [3.05, 3.63) is 77.0 Å². The van der Waals surface area contributed by atoms with Crippen molar-refractivity contribution in [2.45, 2.75) is 52.0 Å². The number of carbonyl (C=O) groups excluding carboxylic acids is 1. The molecule has 32 heavy (non-hydrogen) atoms. The summed E-state index contributed by atoms with van der Waals surface area (Å²) in [6.07, 6.45) is 6.36. The van der Waals surface area contributed by atoms with Crippen LogP contribution in [0.15, 0.2) is 48.8 Å². The minimum atomic E-state index is -0.351. The van der Waals surface area contributed by atoms with E-state index >= 15 is 0 Å². The molecular weight excluding hydrogens is 403 g/mol. The maximum atomic E-state index is 14.6. The van der Waals surface area contributed by atoms with Crippen LogP contribution >= 0.6 is 0 Å². The third-order valence-corrected chi connectivity index (χ3v) is 6.31. The van der Waals surface area contributed by atoms with Crippen molar-refractivity contribution in [2.75, 3.05) is 5.32 Å². The lowest BCUT2D eigenvalue weighted by molar-refractivity contribution is 0.102. The molecule has 6 heteroatoms. The van der Waals surface area contributed by atoms with Gasteiger partial charge in [-0.1, -0.05) is 25.1 Å². The molecule has 3 atom stereocenters. The number of nitrogens with one attached hydrogen (secondary N) is 1. The van der Waals surface area contributed by atoms with Crippen molar-refractivity contribution in [1.29, 1.82) is 0 Å². The molecule has 1 fully saturated rings. The van der Waals surface area contributed by atoms with Gasteiger partial charge in [-0.3, -0.25) is 9.78 Å². The van der Waals surface area contributed by atoms with E-state index in [1.807, 2.05) is 26.0 Å². The van der Waals surface area contributed by atoms with Crippen LogP contribution in [-0.2, 0) is 0 Å². The SMILES string of the molecule is Cc1ccc(C(=O)Nc2cnccc2[C@@H]2C[C@H](C)C[C@H](N)C2)nc1-c1c(C)cccc1F. The average Bonchev–Trinajstić information content (AvgIpc) is 2.74. The van der Waals surface area contributed by atoms with E-state index in [9.17, 15) is 9.18 Å². The molecule has 5 nitrogen and oxygen atoms in total. The van der Waals surface area contributed by atoms with Crippen LogP contribution in [0.4, 0.5) is 10.1 Å². The van der Waals surface area contributed by atoms with Gasteiger partial charge in [0.2, 0.25) is 0 Å². The first kappa shape index (κ1) is 22.1. The quantitative estimate of drug-likeness (QED) is 0.580. The normalized spacial score (nSPS) is 20.7. The number of carbonyl (C=O) groups is 1. The summed E-state index contributed by atoms with van der Waals surface area (Å²) in [5, 5.41) is 2.98. The Balaban J connectivity index is 1.64. The Morgan fingerprint density at radius 2 is 1.91 bits per heavy atom. The minimum Gasteiger partial charge on any atom is -0.328 e. The Hall–Kier alpha value is -3.12. The van der Waals surface area contributed by atoms with Crippen LogP contribution in [0.1, 0.15) is 59.3 Å². The fourth-order valence-electron chi connectivity index (χ4n) is 4.80. The number of aryl methyl sites for hydroxylation is 2. The van der Waals surface area contributed by atoms with Gasteiger partial charge in [-0.25, -0.2) is 9.37 Å². The third-order valence-electron chi connectivity index (χ3n) is 6.31. The number of pyridine rings is 2. The fourth-order valence-corrected chi connectivity index (χ4v) is 4.80. The molecule has 0 bridgehead atoms. The number of hydrogen-bond donors (Lipinski definition) is 2. The fraction of sp³-hybridized carbons (Fsp3) is 0.346. The molecule has 0 unspecified atom stereocenters. The Bertz CT molecular complexity index is 1120. The Morgan fingerprint density at radius 1 is 1.09 bits per heavy atom. The van der Waals surface area contributed by atoms with Gasteiger partial charge in [-0.15, -0.1) is 0 Å². The van der Waals surface area contributed by atoms with Gasteiger partial charge < -0.3 is 11.1 Å². The third kappa shape index (κ3) is 4.55. The summed E-state index contributed by atoms with van der Waals surface area (Å²) in [7, 11) is 0. The summed E-state index contributed by atoms with van der Waals surface area (Å²) in [5.74, 6) is 0.110. The van der Waals surface area contributed by atoms with Gasteiger partial charge in [0.25, 0.3) is 5.91 Å². The standard InChI is InChI=1S/C26H29FN4O/c1-15-11-18(13-19(28)12-15)20-9-10-29-14-23(20)31-26(32)22-8-7-17(3)25(30-22)24-16(2)5-4-6-21(24)27/h4-10,14-15,18-19H,11-13,28H2,1-3H3,(H,31,32)/t15-,18+,19-/m0/s1. The molecule has 166 valence electrons. The first-order chi connectivity index (χ1) is 15.3. The molecule has 1 saturated carbocycles. The maximum absolute atomic E-state index is 14.6. The highest BCUT2D eigenvalue weighted by atomic mass is 19.1. The Morgan fingerprint density at radius 3 is 2.66 bits per heavy atom. The van der Waals surface area contributed by atoms with Crippen molar-refractivity contribution in [3.63, 3.8) is 0 Å². The molecule has 4 rings (SSSR count). The Kier molecular flexibility index (Phi) is 6.33. The first-order valence-electron chi connectivity index (χ1n) is 11.1. The molecular formula is C26H29FN4O. The van der Waals surface area contributed by atoms with Gasteiger partial charge in [0, 0.05) is 17.8 Å². The number of nitrogens with two attached hydrogens (primary N) is 1. The Labute approximate surface area is 188 Å². The van der Waals surface area contributed by atoms with Gasteiger partial charge in [-0.05, 0) is 79.8 Å². The monoisotopic (exact) mass is 432 g/mol. The molecule has 1 amide bonds. The predicted molar refractivity (Wildman–Crippen MR) is 125 cm³/mol. The molecule has 3 N–H and O–H groups in total. The highest BCUT2D eigenvalue weighted by molar-refractivity contribution is 6.03. The maximum Gasteiger partial charge on any atom is 0.274 e. The molecule has 2 heterocycles. The van der Waals surface area contributed by atoms with Crippen molar-refractivity contribution < 1.29 is 9.18 Å². The molecule has 0 radical (unpaired) electrons. The van der Waals surface area contributed by atoms with E-state index < -0.39 is 0 Å². The van der Waals surface area contributed by atoms with Crippen molar-refractivity contribution >= 4 is 11.6 Å². The summed E-state index contributed by atoms with van der Waals surface area (Å²) in [6, 6.07) is 10.5. The highest BCUT2D eigenvalue weighted by Gasteiger charge is 2.27. The van der Waals surface area contributed by atoms with E-state index in [-0.39, 0.29) is 29.4 Å². The van der Waals surface area contributed by atoms with Gasteiger partial charge in [0.15, 0.2) is 0 Å². The summed E-state index contributed by atoms with van der Waals surface area (Å²) >= 11 is 0. The lowest BCUT2D eigenvalue weighted by atomic mass is 9.76. The lowest BCUT2D eigenvalue weighted by Crippen LogP contribution is -2.31. The van der Waals surface area contributed by atoms with E-state index in [1.54, 1.807) is 30.6 Å². The number of rotatable bonds is 4. The summed E-state index contributed by atoms with van der Waals surface area (Å²) in [5.41, 5.74) is 10.7. The largest absolute Gasteiger partial charge is 0.328 e. The van der Waals surface area contributed by atoms with E-state index in [1.165, 1.54) is 6.07 Å².